The zero-order valence-electron chi connectivity index (χ0n) is 9.02. The minimum Gasteiger partial charge on any atom is -0.394 e. The number of benzene rings is 1. The molecule has 0 saturated carbocycles. The van der Waals surface area contributed by atoms with Crippen molar-refractivity contribution in [2.24, 2.45) is 5.73 Å². The number of aliphatic hydroxyl groups excluding tert-OH is 1. The molecule has 1 aromatic carbocycles. The highest BCUT2D eigenvalue weighted by Gasteiger charge is 2.24. The number of nitrogens with one attached hydrogen (secondary N) is 1. The molecule has 4 N–H and O–H groups in total. The van der Waals surface area contributed by atoms with E-state index in [1.54, 1.807) is 0 Å². The van der Waals surface area contributed by atoms with Gasteiger partial charge >= 0.3 is 0 Å². The van der Waals surface area contributed by atoms with Crippen molar-refractivity contribution in [2.45, 2.75) is 24.9 Å². The second-order valence-corrected chi connectivity index (χ2v) is 4.09. The molecule has 0 aliphatic heterocycles. The molecule has 0 bridgehead atoms. The van der Waals surface area contributed by atoms with Gasteiger partial charge in [-0.15, -0.1) is 0 Å². The second kappa shape index (κ2) is 4.63. The Balaban J connectivity index is 2.06. The predicted molar refractivity (Wildman–Crippen MR) is 60.7 cm³/mol. The molecular weight excluding hydrogens is 204 g/mol. The van der Waals surface area contributed by atoms with Crippen LogP contribution in [0.3, 0.4) is 0 Å². The van der Waals surface area contributed by atoms with Crippen molar-refractivity contribution < 1.29 is 9.90 Å². The molecule has 0 saturated heterocycles. The van der Waals surface area contributed by atoms with Crippen LogP contribution in [-0.2, 0) is 11.2 Å². The van der Waals surface area contributed by atoms with Crippen LogP contribution < -0.4 is 11.1 Å². The Morgan fingerprint density at radius 1 is 1.56 bits per heavy atom. The zero-order valence-corrected chi connectivity index (χ0v) is 9.02. The third-order valence-corrected chi connectivity index (χ3v) is 2.98. The number of carbonyl (C=O) groups excluding carboxylic acids is 1. The van der Waals surface area contributed by atoms with Crippen molar-refractivity contribution in [3.05, 3.63) is 35.4 Å². The maximum Gasteiger partial charge on any atom is 0.239 e. The smallest absolute Gasteiger partial charge is 0.239 e. The summed E-state index contributed by atoms with van der Waals surface area (Å²) in [7, 11) is 0. The van der Waals surface area contributed by atoms with Gasteiger partial charge in [-0.1, -0.05) is 24.3 Å². The van der Waals surface area contributed by atoms with Crippen LogP contribution in [-0.4, -0.2) is 23.7 Å². The van der Waals surface area contributed by atoms with E-state index >= 15 is 0 Å². The molecule has 1 aliphatic carbocycles. The fourth-order valence-corrected chi connectivity index (χ4v) is 2.07. The van der Waals surface area contributed by atoms with E-state index < -0.39 is 6.04 Å². The van der Waals surface area contributed by atoms with E-state index in [4.69, 9.17) is 10.8 Å². The topological polar surface area (TPSA) is 75.3 Å². The van der Waals surface area contributed by atoms with E-state index in [1.165, 1.54) is 11.1 Å². The summed E-state index contributed by atoms with van der Waals surface area (Å²) in [5.74, 6) is -0.288. The summed E-state index contributed by atoms with van der Waals surface area (Å²) in [6, 6.07) is 7.29. The molecule has 0 spiro atoms. The first-order chi connectivity index (χ1) is 7.72. The number of nitrogens with two attached hydrogens (primary N) is 1. The van der Waals surface area contributed by atoms with Crippen LogP contribution in [0.5, 0.6) is 0 Å². The monoisotopic (exact) mass is 220 g/mol. The van der Waals surface area contributed by atoms with Crippen LogP contribution in [0.1, 0.15) is 23.6 Å². The van der Waals surface area contributed by atoms with Gasteiger partial charge in [-0.25, -0.2) is 0 Å². The number of carbonyl (C=O) groups is 1. The highest BCUT2D eigenvalue weighted by Crippen LogP contribution is 2.30. The number of rotatable bonds is 3. The van der Waals surface area contributed by atoms with Crippen molar-refractivity contribution in [1.82, 2.24) is 5.32 Å². The Kier molecular flexibility index (Phi) is 3.22. The molecule has 0 heterocycles. The predicted octanol–water partition coefficient (Wildman–Crippen LogP) is 0.110. The number of hydrogen-bond donors (Lipinski definition) is 3. The maximum absolute atomic E-state index is 11.5. The Hall–Kier alpha value is -1.39. The molecule has 0 fully saturated rings. The zero-order chi connectivity index (χ0) is 11.5. The molecular formula is C12H16N2O2. The normalized spacial score (nSPS) is 20.2. The molecule has 4 nitrogen and oxygen atoms in total. The van der Waals surface area contributed by atoms with Crippen LogP contribution in [0.15, 0.2) is 24.3 Å². The summed E-state index contributed by atoms with van der Waals surface area (Å²) in [5.41, 5.74) is 7.90. The van der Waals surface area contributed by atoms with E-state index in [1.807, 2.05) is 18.2 Å². The summed E-state index contributed by atoms with van der Waals surface area (Å²) < 4.78 is 0. The van der Waals surface area contributed by atoms with Gasteiger partial charge in [-0.2, -0.15) is 0 Å². The van der Waals surface area contributed by atoms with Gasteiger partial charge in [0.15, 0.2) is 0 Å². The molecule has 4 heteroatoms. The molecule has 0 radical (unpaired) electrons. The van der Waals surface area contributed by atoms with Crippen LogP contribution in [0.2, 0.25) is 0 Å². The van der Waals surface area contributed by atoms with E-state index in [0.717, 1.165) is 12.8 Å². The fraction of sp³-hybridized carbons (Fsp3) is 0.417. The van der Waals surface area contributed by atoms with Crippen molar-refractivity contribution in [2.75, 3.05) is 6.61 Å². The SMILES string of the molecule is NC(CO)C(=O)N[C@@H]1CCc2ccccc21. The van der Waals surface area contributed by atoms with E-state index in [0.29, 0.717) is 0 Å². The number of fused-ring (bicyclic) bond motifs is 1. The average Bonchev–Trinajstić information content (AvgIpc) is 2.72. The van der Waals surface area contributed by atoms with Gasteiger partial charge in [0, 0.05) is 0 Å². The van der Waals surface area contributed by atoms with Gasteiger partial charge < -0.3 is 16.2 Å². The first-order valence-electron chi connectivity index (χ1n) is 5.47. The first kappa shape index (κ1) is 11.1. The van der Waals surface area contributed by atoms with Crippen LogP contribution in [0.4, 0.5) is 0 Å². The first-order valence-corrected chi connectivity index (χ1v) is 5.47. The summed E-state index contributed by atoms with van der Waals surface area (Å²) in [5, 5.41) is 11.7. The van der Waals surface area contributed by atoms with Crippen LogP contribution in [0, 0.1) is 0 Å². The Bertz CT molecular complexity index is 392. The molecule has 1 aromatic rings. The molecule has 1 aliphatic rings. The van der Waals surface area contributed by atoms with Crippen molar-refractivity contribution in [1.29, 1.82) is 0 Å². The third-order valence-electron chi connectivity index (χ3n) is 2.98. The maximum atomic E-state index is 11.5. The molecule has 86 valence electrons. The largest absolute Gasteiger partial charge is 0.394 e. The van der Waals surface area contributed by atoms with Crippen LogP contribution >= 0.6 is 0 Å². The summed E-state index contributed by atoms with van der Waals surface area (Å²) in [6.07, 6.45) is 1.89. The minimum atomic E-state index is -0.826. The lowest BCUT2D eigenvalue weighted by molar-refractivity contribution is -0.123. The lowest BCUT2D eigenvalue weighted by Crippen LogP contribution is -2.44. The van der Waals surface area contributed by atoms with Crippen molar-refractivity contribution in [3.8, 4) is 0 Å². The summed E-state index contributed by atoms with van der Waals surface area (Å²) >= 11 is 0. The van der Waals surface area contributed by atoms with Gasteiger partial charge in [-0.3, -0.25) is 4.79 Å². The second-order valence-electron chi connectivity index (χ2n) is 4.09. The Morgan fingerprint density at radius 3 is 3.06 bits per heavy atom. The molecule has 2 atom stereocenters. The fourth-order valence-electron chi connectivity index (χ4n) is 2.07. The van der Waals surface area contributed by atoms with Crippen molar-refractivity contribution in [3.63, 3.8) is 0 Å². The van der Waals surface area contributed by atoms with Crippen LogP contribution in [0.25, 0.3) is 0 Å². The summed E-state index contributed by atoms with van der Waals surface area (Å²) in [6.45, 7) is -0.319. The van der Waals surface area contributed by atoms with Crippen molar-refractivity contribution >= 4 is 5.91 Å². The molecule has 2 rings (SSSR count). The van der Waals surface area contributed by atoms with Gasteiger partial charge in [0.2, 0.25) is 5.91 Å². The number of hydrogen-bond acceptors (Lipinski definition) is 3. The molecule has 1 unspecified atom stereocenters. The Morgan fingerprint density at radius 2 is 2.31 bits per heavy atom. The lowest BCUT2D eigenvalue weighted by atomic mass is 10.1. The van der Waals surface area contributed by atoms with Gasteiger partial charge in [0.25, 0.3) is 0 Å². The number of aliphatic hydroxyl groups is 1. The number of amides is 1. The standard InChI is InChI=1S/C12H16N2O2/c13-10(7-15)12(16)14-11-6-5-8-3-1-2-4-9(8)11/h1-4,10-11,15H,5-7,13H2,(H,14,16)/t10?,11-/m1/s1. The summed E-state index contributed by atoms with van der Waals surface area (Å²) in [4.78, 5) is 11.5. The van der Waals surface area contributed by atoms with Gasteiger partial charge in [-0.05, 0) is 24.0 Å². The van der Waals surface area contributed by atoms with E-state index in [9.17, 15) is 4.79 Å². The minimum absolute atomic E-state index is 0.0429. The van der Waals surface area contributed by atoms with Gasteiger partial charge in [0.05, 0.1) is 12.6 Å². The highest BCUT2D eigenvalue weighted by atomic mass is 16.3. The lowest BCUT2D eigenvalue weighted by Gasteiger charge is -2.16. The molecule has 0 aromatic heterocycles. The van der Waals surface area contributed by atoms with E-state index in [-0.39, 0.29) is 18.6 Å². The quantitative estimate of drug-likeness (QED) is 0.676. The molecule has 1 amide bonds. The average molecular weight is 220 g/mol. The Labute approximate surface area is 94.5 Å². The highest BCUT2D eigenvalue weighted by molar-refractivity contribution is 5.82. The molecule has 16 heavy (non-hydrogen) atoms. The van der Waals surface area contributed by atoms with E-state index in [2.05, 4.69) is 11.4 Å². The van der Waals surface area contributed by atoms with Gasteiger partial charge in [0.1, 0.15) is 6.04 Å². The number of aryl methyl sites for hydroxylation is 1. The third kappa shape index (κ3) is 2.08.